The number of anilines is 1. The minimum atomic E-state index is -0.744. The lowest BCUT2D eigenvalue weighted by Gasteiger charge is -2.17. The molecule has 1 heterocycles. The van der Waals surface area contributed by atoms with Crippen LogP contribution in [0.25, 0.3) is 0 Å². The molecule has 0 saturated heterocycles. The first-order valence-corrected chi connectivity index (χ1v) is 7.01. The average Bonchev–Trinajstić information content (AvgIpc) is 3.02. The van der Waals surface area contributed by atoms with Gasteiger partial charge in [-0.2, -0.15) is 0 Å². The van der Waals surface area contributed by atoms with E-state index in [0.717, 1.165) is 5.75 Å². The zero-order chi connectivity index (χ0) is 15.9. The highest BCUT2D eigenvalue weighted by molar-refractivity contribution is 5.89. The monoisotopic (exact) mass is 304 g/mol. The second-order valence-corrected chi connectivity index (χ2v) is 4.99. The summed E-state index contributed by atoms with van der Waals surface area (Å²) in [7, 11) is 1.58. The van der Waals surface area contributed by atoms with Crippen LogP contribution in [0.5, 0.6) is 5.75 Å². The first-order chi connectivity index (χ1) is 10.6. The van der Waals surface area contributed by atoms with Crippen LogP contribution < -0.4 is 15.4 Å². The quantitative estimate of drug-likeness (QED) is 0.766. The molecule has 3 N–H and O–H groups in total. The Bertz CT molecular complexity index is 581. The van der Waals surface area contributed by atoms with Gasteiger partial charge in [-0.05, 0) is 43.3 Å². The van der Waals surface area contributed by atoms with E-state index in [9.17, 15) is 9.90 Å². The van der Waals surface area contributed by atoms with Gasteiger partial charge >= 0.3 is 6.03 Å². The molecule has 0 saturated carbocycles. The molecule has 0 bridgehead atoms. The Morgan fingerprint density at radius 1 is 1.32 bits per heavy atom. The van der Waals surface area contributed by atoms with Crippen molar-refractivity contribution in [3.8, 4) is 5.75 Å². The molecule has 0 fully saturated rings. The van der Waals surface area contributed by atoms with Gasteiger partial charge < -0.3 is 24.9 Å². The highest BCUT2D eigenvalue weighted by Crippen LogP contribution is 2.19. The lowest BCUT2D eigenvalue weighted by molar-refractivity contribution is 0.130. The van der Waals surface area contributed by atoms with Crippen LogP contribution >= 0.6 is 0 Å². The van der Waals surface area contributed by atoms with Gasteiger partial charge in [0.2, 0.25) is 0 Å². The molecular weight excluding hydrogens is 284 g/mol. The Kier molecular flexibility index (Phi) is 5.43. The van der Waals surface area contributed by atoms with E-state index in [1.165, 1.54) is 6.26 Å². The van der Waals surface area contributed by atoms with Gasteiger partial charge in [0.15, 0.2) is 0 Å². The van der Waals surface area contributed by atoms with Gasteiger partial charge in [-0.1, -0.05) is 0 Å². The molecule has 0 aliphatic rings. The predicted molar refractivity (Wildman–Crippen MR) is 82.9 cm³/mol. The minimum Gasteiger partial charge on any atom is -0.497 e. The number of carbonyl (C=O) groups excluding carboxylic acids is 1. The van der Waals surface area contributed by atoms with Gasteiger partial charge in [0.05, 0.1) is 13.4 Å². The molecule has 2 rings (SSSR count). The van der Waals surface area contributed by atoms with Crippen molar-refractivity contribution in [1.82, 2.24) is 5.32 Å². The number of aliphatic hydroxyl groups is 1. The number of aliphatic hydroxyl groups excluding tert-OH is 1. The maximum atomic E-state index is 11.9. The highest BCUT2D eigenvalue weighted by atomic mass is 16.5. The van der Waals surface area contributed by atoms with Gasteiger partial charge in [-0.25, -0.2) is 4.79 Å². The fourth-order valence-electron chi connectivity index (χ4n) is 2.06. The maximum Gasteiger partial charge on any atom is 0.319 e. The molecule has 2 aromatic rings. The summed E-state index contributed by atoms with van der Waals surface area (Å²) in [6, 6.07) is 9.91. The molecule has 0 spiro atoms. The zero-order valence-corrected chi connectivity index (χ0v) is 12.6. The number of benzene rings is 1. The fraction of sp³-hybridized carbons (Fsp3) is 0.312. The SMILES string of the molecule is COc1ccc(NC(=O)NC(C)CC(O)c2ccco2)cc1. The van der Waals surface area contributed by atoms with E-state index in [1.807, 2.05) is 6.92 Å². The second kappa shape index (κ2) is 7.51. The first kappa shape index (κ1) is 15.9. The van der Waals surface area contributed by atoms with Crippen LogP contribution in [-0.2, 0) is 0 Å². The summed E-state index contributed by atoms with van der Waals surface area (Å²) in [4.78, 5) is 11.9. The van der Waals surface area contributed by atoms with Crippen molar-refractivity contribution < 1.29 is 19.1 Å². The molecule has 2 atom stereocenters. The molecule has 2 amide bonds. The van der Waals surface area contributed by atoms with Crippen molar-refractivity contribution in [2.45, 2.75) is 25.5 Å². The Balaban J connectivity index is 1.80. The fourth-order valence-corrected chi connectivity index (χ4v) is 2.06. The Morgan fingerprint density at radius 2 is 2.05 bits per heavy atom. The molecular formula is C16H20N2O4. The zero-order valence-electron chi connectivity index (χ0n) is 12.6. The standard InChI is InChI=1S/C16H20N2O4/c1-11(10-14(19)15-4-3-9-22-15)17-16(20)18-12-5-7-13(21-2)8-6-12/h3-9,11,14,19H,10H2,1-2H3,(H2,17,18,20). The summed E-state index contributed by atoms with van der Waals surface area (Å²) in [5.41, 5.74) is 0.664. The molecule has 1 aromatic carbocycles. The molecule has 118 valence electrons. The molecule has 1 aromatic heterocycles. The predicted octanol–water partition coefficient (Wildman–Crippen LogP) is 2.92. The summed E-state index contributed by atoms with van der Waals surface area (Å²) in [5.74, 6) is 1.21. The topological polar surface area (TPSA) is 83.7 Å². The number of hydrogen-bond donors (Lipinski definition) is 3. The lowest BCUT2D eigenvalue weighted by Crippen LogP contribution is -2.37. The number of carbonyl (C=O) groups is 1. The minimum absolute atomic E-state index is 0.210. The van der Waals surface area contributed by atoms with Crippen LogP contribution in [0.4, 0.5) is 10.5 Å². The number of ether oxygens (including phenoxy) is 1. The molecule has 6 heteroatoms. The van der Waals surface area contributed by atoms with Crippen molar-refractivity contribution in [3.05, 3.63) is 48.4 Å². The summed E-state index contributed by atoms with van der Waals surface area (Å²) in [6.07, 6.45) is 1.13. The van der Waals surface area contributed by atoms with Gasteiger partial charge in [0, 0.05) is 18.2 Å². The molecule has 0 aliphatic carbocycles. The first-order valence-electron chi connectivity index (χ1n) is 7.01. The van der Waals surface area contributed by atoms with E-state index in [2.05, 4.69) is 10.6 Å². The van der Waals surface area contributed by atoms with E-state index in [0.29, 0.717) is 17.9 Å². The number of hydrogen-bond acceptors (Lipinski definition) is 4. The van der Waals surface area contributed by atoms with E-state index >= 15 is 0 Å². The number of methoxy groups -OCH3 is 1. The normalized spacial score (nSPS) is 13.2. The molecule has 22 heavy (non-hydrogen) atoms. The van der Waals surface area contributed by atoms with Crippen LogP contribution in [0.15, 0.2) is 47.1 Å². The Labute approximate surface area is 129 Å². The third-order valence-electron chi connectivity index (χ3n) is 3.17. The summed E-state index contributed by atoms with van der Waals surface area (Å²) >= 11 is 0. The van der Waals surface area contributed by atoms with Gasteiger partial charge in [0.1, 0.15) is 17.6 Å². The van der Waals surface area contributed by atoms with E-state index in [1.54, 1.807) is 43.5 Å². The van der Waals surface area contributed by atoms with Crippen molar-refractivity contribution in [3.63, 3.8) is 0 Å². The molecule has 0 radical (unpaired) electrons. The number of furan rings is 1. The van der Waals surface area contributed by atoms with E-state index in [4.69, 9.17) is 9.15 Å². The summed E-state index contributed by atoms with van der Waals surface area (Å²) < 4.78 is 10.2. The highest BCUT2D eigenvalue weighted by Gasteiger charge is 2.16. The van der Waals surface area contributed by atoms with Gasteiger partial charge in [-0.15, -0.1) is 0 Å². The van der Waals surface area contributed by atoms with Crippen molar-refractivity contribution in [2.75, 3.05) is 12.4 Å². The van der Waals surface area contributed by atoms with Gasteiger partial charge in [0.25, 0.3) is 0 Å². The van der Waals surface area contributed by atoms with Crippen LogP contribution in [0, 0.1) is 0 Å². The van der Waals surface area contributed by atoms with Crippen LogP contribution in [0.2, 0.25) is 0 Å². The summed E-state index contributed by atoms with van der Waals surface area (Å²) in [6.45, 7) is 1.82. The Hall–Kier alpha value is -2.47. The molecule has 0 aliphatic heterocycles. The lowest BCUT2D eigenvalue weighted by atomic mass is 10.1. The number of nitrogens with one attached hydrogen (secondary N) is 2. The third kappa shape index (κ3) is 4.53. The molecule has 6 nitrogen and oxygen atoms in total. The van der Waals surface area contributed by atoms with E-state index < -0.39 is 6.10 Å². The Morgan fingerprint density at radius 3 is 2.64 bits per heavy atom. The third-order valence-corrected chi connectivity index (χ3v) is 3.17. The number of amides is 2. The van der Waals surface area contributed by atoms with Crippen molar-refractivity contribution >= 4 is 11.7 Å². The number of rotatable bonds is 6. The van der Waals surface area contributed by atoms with Crippen LogP contribution in [-0.4, -0.2) is 24.3 Å². The molecule has 2 unspecified atom stereocenters. The largest absolute Gasteiger partial charge is 0.497 e. The summed E-state index contributed by atoms with van der Waals surface area (Å²) in [5, 5.41) is 15.4. The van der Waals surface area contributed by atoms with Gasteiger partial charge in [-0.3, -0.25) is 0 Å². The van der Waals surface area contributed by atoms with Crippen molar-refractivity contribution in [1.29, 1.82) is 0 Å². The second-order valence-electron chi connectivity index (χ2n) is 4.99. The van der Waals surface area contributed by atoms with E-state index in [-0.39, 0.29) is 12.1 Å². The number of urea groups is 1. The maximum absolute atomic E-state index is 11.9. The van der Waals surface area contributed by atoms with Crippen molar-refractivity contribution in [2.24, 2.45) is 0 Å². The van der Waals surface area contributed by atoms with Crippen LogP contribution in [0.1, 0.15) is 25.2 Å². The average molecular weight is 304 g/mol. The smallest absolute Gasteiger partial charge is 0.319 e. The van der Waals surface area contributed by atoms with Crippen LogP contribution in [0.3, 0.4) is 0 Å².